The Hall–Kier alpha value is -2.94. The number of primary amides is 1. The maximum Gasteiger partial charge on any atom is 0.253 e. The summed E-state index contributed by atoms with van der Waals surface area (Å²) < 4.78 is 1.70. The van der Waals surface area contributed by atoms with Gasteiger partial charge >= 0.3 is 0 Å². The van der Waals surface area contributed by atoms with Gasteiger partial charge in [0.1, 0.15) is 0 Å². The largest absolute Gasteiger partial charge is 0.370 e. The van der Waals surface area contributed by atoms with Crippen molar-refractivity contribution in [3.63, 3.8) is 0 Å². The molecule has 8 nitrogen and oxygen atoms in total. The van der Waals surface area contributed by atoms with Gasteiger partial charge < -0.3 is 10.6 Å². The van der Waals surface area contributed by atoms with Crippen LogP contribution < -0.4 is 5.73 Å². The van der Waals surface area contributed by atoms with E-state index in [0.29, 0.717) is 17.5 Å². The third kappa shape index (κ3) is 5.11. The summed E-state index contributed by atoms with van der Waals surface area (Å²) in [6, 6.07) is 9.64. The van der Waals surface area contributed by atoms with Gasteiger partial charge in [-0.3, -0.25) is 9.59 Å². The fraction of sp³-hybridized carbons (Fsp3) is 0.350. The number of fused-ring (bicyclic) bond motifs is 1. The zero-order chi connectivity index (χ0) is 21.0. The van der Waals surface area contributed by atoms with Gasteiger partial charge in [-0.1, -0.05) is 42.1 Å². The standard InChI is InChI=1S/C20H24N6O2S/c1-13-14(2)22-19-23-20(24-26(19)15(13)3)29-12-18(28)25(10-9-17(21)27)11-16-7-5-4-6-8-16/h4-8H,9-12H2,1-3H3,(H2,21,27). The van der Waals surface area contributed by atoms with Crippen molar-refractivity contribution in [1.82, 2.24) is 24.5 Å². The molecule has 29 heavy (non-hydrogen) atoms. The monoisotopic (exact) mass is 412 g/mol. The zero-order valence-electron chi connectivity index (χ0n) is 16.8. The fourth-order valence-corrected chi connectivity index (χ4v) is 3.58. The van der Waals surface area contributed by atoms with Crippen molar-refractivity contribution >= 4 is 29.4 Å². The summed E-state index contributed by atoms with van der Waals surface area (Å²) >= 11 is 1.26. The van der Waals surface area contributed by atoms with E-state index in [2.05, 4.69) is 15.1 Å². The second kappa shape index (κ2) is 9.04. The lowest BCUT2D eigenvalue weighted by atomic mass is 10.2. The van der Waals surface area contributed by atoms with Crippen molar-refractivity contribution < 1.29 is 9.59 Å². The molecule has 0 saturated carbocycles. The first-order valence-corrected chi connectivity index (χ1v) is 10.3. The van der Waals surface area contributed by atoms with E-state index < -0.39 is 5.91 Å². The van der Waals surface area contributed by atoms with Gasteiger partial charge in [0.25, 0.3) is 5.78 Å². The molecule has 2 amide bonds. The van der Waals surface area contributed by atoms with E-state index in [4.69, 9.17) is 5.73 Å². The molecule has 3 rings (SSSR count). The Kier molecular flexibility index (Phi) is 6.48. The second-order valence-electron chi connectivity index (χ2n) is 6.82. The van der Waals surface area contributed by atoms with Crippen molar-refractivity contribution in [1.29, 1.82) is 0 Å². The van der Waals surface area contributed by atoms with Crippen LogP contribution >= 0.6 is 11.8 Å². The predicted octanol–water partition coefficient (Wildman–Crippen LogP) is 2.05. The molecule has 3 aromatic rings. The molecule has 0 unspecified atom stereocenters. The smallest absolute Gasteiger partial charge is 0.253 e. The number of hydrogen-bond donors (Lipinski definition) is 1. The number of aryl methyl sites for hydroxylation is 2. The summed E-state index contributed by atoms with van der Waals surface area (Å²) in [5.41, 5.74) is 9.22. The van der Waals surface area contributed by atoms with Gasteiger partial charge in [-0.15, -0.1) is 5.10 Å². The van der Waals surface area contributed by atoms with Crippen LogP contribution in [0.4, 0.5) is 0 Å². The van der Waals surface area contributed by atoms with Crippen LogP contribution in [0.5, 0.6) is 0 Å². The van der Waals surface area contributed by atoms with Crippen LogP contribution in [0, 0.1) is 20.8 Å². The maximum absolute atomic E-state index is 12.8. The topological polar surface area (TPSA) is 106 Å². The predicted molar refractivity (Wildman–Crippen MR) is 111 cm³/mol. The Balaban J connectivity index is 1.71. The maximum atomic E-state index is 12.8. The van der Waals surface area contributed by atoms with Crippen molar-refractivity contribution in [2.75, 3.05) is 12.3 Å². The quantitative estimate of drug-likeness (QED) is 0.568. The summed E-state index contributed by atoms with van der Waals surface area (Å²) in [7, 11) is 0. The molecule has 0 aliphatic carbocycles. The summed E-state index contributed by atoms with van der Waals surface area (Å²) in [5.74, 6) is 0.156. The first kappa shape index (κ1) is 20.8. The Morgan fingerprint density at radius 1 is 1.14 bits per heavy atom. The number of benzene rings is 1. The van der Waals surface area contributed by atoms with E-state index >= 15 is 0 Å². The molecule has 0 aliphatic rings. The number of carbonyl (C=O) groups excluding carboxylic acids is 2. The van der Waals surface area contributed by atoms with E-state index in [1.54, 1.807) is 9.42 Å². The number of thioether (sulfide) groups is 1. The highest BCUT2D eigenvalue weighted by atomic mass is 32.2. The highest BCUT2D eigenvalue weighted by Gasteiger charge is 2.17. The zero-order valence-corrected chi connectivity index (χ0v) is 17.6. The SMILES string of the molecule is Cc1nc2nc(SCC(=O)N(CCC(N)=O)Cc3ccccc3)nn2c(C)c1C. The Morgan fingerprint density at radius 3 is 2.55 bits per heavy atom. The van der Waals surface area contributed by atoms with Crippen LogP contribution in [-0.2, 0) is 16.1 Å². The van der Waals surface area contributed by atoms with Crippen LogP contribution in [0.15, 0.2) is 35.5 Å². The number of carbonyl (C=O) groups is 2. The van der Waals surface area contributed by atoms with Crippen LogP contribution in [0.2, 0.25) is 0 Å². The number of hydrogen-bond acceptors (Lipinski definition) is 6. The molecule has 0 fully saturated rings. The Labute approximate surface area is 173 Å². The fourth-order valence-electron chi connectivity index (χ4n) is 2.86. The Morgan fingerprint density at radius 2 is 1.86 bits per heavy atom. The van der Waals surface area contributed by atoms with Crippen molar-refractivity contribution in [3.8, 4) is 0 Å². The molecule has 9 heteroatoms. The lowest BCUT2D eigenvalue weighted by Crippen LogP contribution is -2.34. The third-order valence-corrected chi connectivity index (χ3v) is 5.59. The first-order chi connectivity index (χ1) is 13.8. The van der Waals surface area contributed by atoms with Gasteiger partial charge in [0, 0.05) is 30.9 Å². The van der Waals surface area contributed by atoms with Gasteiger partial charge in [0.2, 0.25) is 17.0 Å². The van der Waals surface area contributed by atoms with Gasteiger partial charge in [-0.2, -0.15) is 4.98 Å². The molecular weight excluding hydrogens is 388 g/mol. The van der Waals surface area contributed by atoms with E-state index in [0.717, 1.165) is 22.5 Å². The highest BCUT2D eigenvalue weighted by Crippen LogP contribution is 2.18. The molecular formula is C20H24N6O2S. The molecule has 0 saturated heterocycles. The van der Waals surface area contributed by atoms with Gasteiger partial charge in [-0.25, -0.2) is 9.50 Å². The van der Waals surface area contributed by atoms with E-state index in [9.17, 15) is 9.59 Å². The molecule has 2 N–H and O–H groups in total. The second-order valence-corrected chi connectivity index (χ2v) is 7.76. The van der Waals surface area contributed by atoms with E-state index in [1.807, 2.05) is 51.1 Å². The molecule has 0 radical (unpaired) electrons. The van der Waals surface area contributed by atoms with Crippen LogP contribution in [0.3, 0.4) is 0 Å². The summed E-state index contributed by atoms with van der Waals surface area (Å²) in [4.78, 5) is 34.5. The molecule has 2 heterocycles. The molecule has 0 spiro atoms. The molecule has 2 aromatic heterocycles. The summed E-state index contributed by atoms with van der Waals surface area (Å²) in [6.07, 6.45) is 0.123. The van der Waals surface area contributed by atoms with E-state index in [1.165, 1.54) is 11.8 Å². The van der Waals surface area contributed by atoms with Crippen molar-refractivity contribution in [3.05, 3.63) is 52.8 Å². The number of nitrogens with two attached hydrogens (primary N) is 1. The number of aromatic nitrogens is 4. The van der Waals surface area contributed by atoms with Gasteiger partial charge in [0.05, 0.1) is 5.75 Å². The number of amides is 2. The minimum Gasteiger partial charge on any atom is -0.370 e. The van der Waals surface area contributed by atoms with Crippen LogP contribution in [-0.4, -0.2) is 48.6 Å². The lowest BCUT2D eigenvalue weighted by molar-refractivity contribution is -0.129. The Bertz CT molecular complexity index is 1030. The molecule has 0 bridgehead atoms. The van der Waals surface area contributed by atoms with Crippen LogP contribution in [0.1, 0.15) is 28.9 Å². The highest BCUT2D eigenvalue weighted by molar-refractivity contribution is 7.99. The van der Waals surface area contributed by atoms with Gasteiger partial charge in [-0.05, 0) is 31.9 Å². The lowest BCUT2D eigenvalue weighted by Gasteiger charge is -2.22. The average molecular weight is 413 g/mol. The number of rotatable bonds is 8. The normalized spacial score (nSPS) is 11.0. The molecule has 1 aromatic carbocycles. The molecule has 152 valence electrons. The minimum atomic E-state index is -0.433. The summed E-state index contributed by atoms with van der Waals surface area (Å²) in [5, 5.41) is 4.96. The number of nitrogens with zero attached hydrogens (tertiary/aromatic N) is 5. The molecule has 0 atom stereocenters. The van der Waals surface area contributed by atoms with Gasteiger partial charge in [0.15, 0.2) is 0 Å². The van der Waals surface area contributed by atoms with Crippen molar-refractivity contribution in [2.45, 2.75) is 38.9 Å². The third-order valence-electron chi connectivity index (χ3n) is 4.76. The molecule has 0 aliphatic heterocycles. The van der Waals surface area contributed by atoms with Crippen molar-refractivity contribution in [2.24, 2.45) is 5.73 Å². The van der Waals surface area contributed by atoms with E-state index in [-0.39, 0.29) is 24.6 Å². The average Bonchev–Trinajstić information content (AvgIpc) is 3.11. The summed E-state index contributed by atoms with van der Waals surface area (Å²) in [6.45, 7) is 6.60. The van der Waals surface area contributed by atoms with Crippen LogP contribution in [0.25, 0.3) is 5.78 Å². The first-order valence-electron chi connectivity index (χ1n) is 9.28. The minimum absolute atomic E-state index is 0.101.